The molecule has 0 unspecified atom stereocenters. The third-order valence-corrected chi connectivity index (χ3v) is 2.80. The summed E-state index contributed by atoms with van der Waals surface area (Å²) in [6.45, 7) is 4.58. The second-order valence-electron chi connectivity index (χ2n) is 4.97. The van der Waals surface area contributed by atoms with Crippen molar-refractivity contribution in [3.63, 3.8) is 0 Å². The van der Waals surface area contributed by atoms with Crippen LogP contribution in [0.25, 0.3) is 5.82 Å². The first-order valence-electron chi connectivity index (χ1n) is 6.43. The molecule has 0 saturated carbocycles. The van der Waals surface area contributed by atoms with Gasteiger partial charge in [-0.25, -0.2) is 14.5 Å². The van der Waals surface area contributed by atoms with E-state index in [-0.39, 0.29) is 22.8 Å². The van der Waals surface area contributed by atoms with Crippen molar-refractivity contribution in [2.45, 2.75) is 20.4 Å². The van der Waals surface area contributed by atoms with Gasteiger partial charge >= 0.3 is 5.97 Å². The molecule has 0 amide bonds. The highest BCUT2D eigenvalue weighted by molar-refractivity contribution is 5.92. The van der Waals surface area contributed by atoms with Crippen molar-refractivity contribution in [1.29, 1.82) is 0 Å². The lowest BCUT2D eigenvalue weighted by Gasteiger charge is -2.09. The quantitative estimate of drug-likeness (QED) is 0.820. The molecule has 0 atom stereocenters. The van der Waals surface area contributed by atoms with Crippen molar-refractivity contribution in [1.82, 2.24) is 19.3 Å². The normalized spacial score (nSPS) is 10.9. The van der Waals surface area contributed by atoms with Crippen LogP contribution in [0.1, 0.15) is 24.3 Å². The molecule has 0 aromatic carbocycles. The van der Waals surface area contributed by atoms with Gasteiger partial charge in [0.25, 0.3) is 5.56 Å². The second kappa shape index (κ2) is 5.78. The van der Waals surface area contributed by atoms with Crippen LogP contribution in [-0.2, 0) is 11.3 Å². The molecular weight excluding hydrogens is 274 g/mol. The molecule has 21 heavy (non-hydrogen) atoms. The number of anilines is 1. The maximum Gasteiger partial charge on any atom is 0.360 e. The maximum atomic E-state index is 12.3. The SMILES string of the molecule is COC(=O)c1nn(-c2nccn(CC(C)C)c2=O)cc1N. The van der Waals surface area contributed by atoms with Gasteiger partial charge in [-0.1, -0.05) is 13.8 Å². The van der Waals surface area contributed by atoms with Crippen LogP contribution < -0.4 is 11.3 Å². The minimum atomic E-state index is -0.662. The Morgan fingerprint density at radius 3 is 2.81 bits per heavy atom. The Morgan fingerprint density at radius 2 is 2.19 bits per heavy atom. The molecule has 0 spiro atoms. The molecule has 112 valence electrons. The summed E-state index contributed by atoms with van der Waals surface area (Å²) in [7, 11) is 1.23. The Kier molecular flexibility index (Phi) is 4.06. The highest BCUT2D eigenvalue weighted by Crippen LogP contribution is 2.12. The van der Waals surface area contributed by atoms with E-state index in [4.69, 9.17) is 5.73 Å². The molecular formula is C13H17N5O3. The lowest BCUT2D eigenvalue weighted by atomic mass is 10.2. The lowest BCUT2D eigenvalue weighted by molar-refractivity contribution is 0.0594. The number of rotatable bonds is 4. The van der Waals surface area contributed by atoms with Gasteiger partial charge in [-0.15, -0.1) is 0 Å². The van der Waals surface area contributed by atoms with E-state index in [0.717, 1.165) is 0 Å². The molecule has 0 aliphatic carbocycles. The van der Waals surface area contributed by atoms with Gasteiger partial charge in [0, 0.05) is 18.9 Å². The summed E-state index contributed by atoms with van der Waals surface area (Å²) in [6, 6.07) is 0. The van der Waals surface area contributed by atoms with E-state index in [1.54, 1.807) is 10.8 Å². The minimum Gasteiger partial charge on any atom is -0.464 e. The van der Waals surface area contributed by atoms with Crippen molar-refractivity contribution in [2.75, 3.05) is 12.8 Å². The summed E-state index contributed by atoms with van der Waals surface area (Å²) in [4.78, 5) is 27.9. The van der Waals surface area contributed by atoms with E-state index in [9.17, 15) is 9.59 Å². The monoisotopic (exact) mass is 291 g/mol. The number of methoxy groups -OCH3 is 1. The number of nitrogens with two attached hydrogens (primary N) is 1. The van der Waals surface area contributed by atoms with Crippen LogP contribution in [0.5, 0.6) is 0 Å². The van der Waals surface area contributed by atoms with Crippen LogP contribution in [0.4, 0.5) is 5.69 Å². The summed E-state index contributed by atoms with van der Waals surface area (Å²) < 4.78 is 7.31. The maximum absolute atomic E-state index is 12.3. The van der Waals surface area contributed by atoms with Gasteiger partial charge in [0.15, 0.2) is 5.69 Å². The van der Waals surface area contributed by atoms with Crippen LogP contribution >= 0.6 is 0 Å². The third-order valence-electron chi connectivity index (χ3n) is 2.80. The Morgan fingerprint density at radius 1 is 1.48 bits per heavy atom. The van der Waals surface area contributed by atoms with Crippen molar-refractivity contribution in [3.05, 3.63) is 34.6 Å². The van der Waals surface area contributed by atoms with E-state index in [2.05, 4.69) is 14.8 Å². The lowest BCUT2D eigenvalue weighted by Crippen LogP contribution is -2.27. The van der Waals surface area contributed by atoms with Gasteiger partial charge in [-0.3, -0.25) is 4.79 Å². The largest absolute Gasteiger partial charge is 0.464 e. The molecule has 0 saturated heterocycles. The number of carbonyl (C=O) groups excluding carboxylic acids is 1. The van der Waals surface area contributed by atoms with Gasteiger partial charge in [0.05, 0.1) is 19.0 Å². The van der Waals surface area contributed by atoms with Gasteiger partial charge in [-0.05, 0) is 5.92 Å². The molecule has 0 bridgehead atoms. The number of aromatic nitrogens is 4. The number of hydrogen-bond acceptors (Lipinski definition) is 6. The van der Waals surface area contributed by atoms with E-state index in [1.807, 2.05) is 13.8 Å². The molecule has 2 N–H and O–H groups in total. The summed E-state index contributed by atoms with van der Waals surface area (Å²) >= 11 is 0. The van der Waals surface area contributed by atoms with Crippen LogP contribution in [0.3, 0.4) is 0 Å². The molecule has 0 radical (unpaired) electrons. The average Bonchev–Trinajstić information content (AvgIpc) is 2.81. The van der Waals surface area contributed by atoms with Gasteiger partial charge in [0.1, 0.15) is 0 Å². The zero-order valence-corrected chi connectivity index (χ0v) is 12.1. The Bertz CT molecular complexity index is 717. The zero-order valence-electron chi connectivity index (χ0n) is 12.1. The summed E-state index contributed by atoms with van der Waals surface area (Å²) in [6.07, 6.45) is 4.49. The number of carbonyl (C=O) groups is 1. The molecule has 8 nitrogen and oxygen atoms in total. The van der Waals surface area contributed by atoms with E-state index >= 15 is 0 Å². The van der Waals surface area contributed by atoms with Gasteiger partial charge in [0.2, 0.25) is 5.82 Å². The minimum absolute atomic E-state index is 0.0436. The van der Waals surface area contributed by atoms with Crippen LogP contribution in [0.15, 0.2) is 23.4 Å². The van der Waals surface area contributed by atoms with E-state index in [0.29, 0.717) is 12.5 Å². The average molecular weight is 291 g/mol. The van der Waals surface area contributed by atoms with Crippen molar-refractivity contribution < 1.29 is 9.53 Å². The standard InChI is InChI=1S/C13H17N5O3/c1-8(2)6-17-5-4-15-11(12(17)19)18-7-9(14)10(16-18)13(20)21-3/h4-5,7-8H,6,14H2,1-3H3. The Labute approximate surface area is 121 Å². The molecule has 0 fully saturated rings. The van der Waals surface area contributed by atoms with Gasteiger partial charge < -0.3 is 15.0 Å². The molecule has 8 heteroatoms. The summed E-state index contributed by atoms with van der Waals surface area (Å²) in [5, 5.41) is 3.97. The number of nitrogens with zero attached hydrogens (tertiary/aromatic N) is 4. The van der Waals surface area contributed by atoms with Crippen LogP contribution in [-0.4, -0.2) is 32.4 Å². The third kappa shape index (κ3) is 2.93. The summed E-state index contributed by atoms with van der Waals surface area (Å²) in [5.74, 6) is -0.268. The number of nitrogen functional groups attached to an aromatic ring is 1. The van der Waals surface area contributed by atoms with Crippen LogP contribution in [0.2, 0.25) is 0 Å². The molecule has 2 heterocycles. The second-order valence-corrected chi connectivity index (χ2v) is 4.97. The number of esters is 1. The van der Waals surface area contributed by atoms with E-state index < -0.39 is 5.97 Å². The van der Waals surface area contributed by atoms with Crippen LogP contribution in [0, 0.1) is 5.92 Å². The molecule has 0 aliphatic heterocycles. The first kappa shape index (κ1) is 14.8. The van der Waals surface area contributed by atoms with Crippen molar-refractivity contribution in [3.8, 4) is 5.82 Å². The first-order chi connectivity index (χ1) is 9.93. The number of hydrogen-bond donors (Lipinski definition) is 1. The smallest absolute Gasteiger partial charge is 0.360 e. The molecule has 0 aliphatic rings. The molecule has 2 rings (SSSR count). The van der Waals surface area contributed by atoms with E-state index in [1.165, 1.54) is 24.2 Å². The summed E-state index contributed by atoms with van der Waals surface area (Å²) in [5.41, 5.74) is 5.49. The fraction of sp³-hybridized carbons (Fsp3) is 0.385. The Hall–Kier alpha value is -2.64. The predicted octanol–water partition coefficient (Wildman–Crippen LogP) is 0.454. The fourth-order valence-electron chi connectivity index (χ4n) is 1.88. The molecule has 2 aromatic rings. The highest BCUT2D eigenvalue weighted by Gasteiger charge is 2.18. The fourth-order valence-corrected chi connectivity index (χ4v) is 1.88. The van der Waals surface area contributed by atoms with Gasteiger partial charge in [-0.2, -0.15) is 5.10 Å². The highest BCUT2D eigenvalue weighted by atomic mass is 16.5. The zero-order chi connectivity index (χ0) is 15.6. The predicted molar refractivity (Wildman–Crippen MR) is 76.2 cm³/mol. The molecule has 2 aromatic heterocycles. The Balaban J connectivity index is 2.48. The number of ether oxygens (including phenoxy) is 1. The first-order valence-corrected chi connectivity index (χ1v) is 6.43. The van der Waals surface area contributed by atoms with Crippen molar-refractivity contribution in [2.24, 2.45) is 5.92 Å². The van der Waals surface area contributed by atoms with Crippen molar-refractivity contribution >= 4 is 11.7 Å². The topological polar surface area (TPSA) is 105 Å².